The quantitative estimate of drug-likeness (QED) is 0.583. The zero-order valence-electron chi connectivity index (χ0n) is 17.8. The average Bonchev–Trinajstić information content (AvgIpc) is 3.27. The number of para-hydroxylation sites is 1. The number of carbonyl (C=O) groups excluding carboxylic acids is 2. The lowest BCUT2D eigenvalue weighted by molar-refractivity contribution is -0.137. The Kier molecular flexibility index (Phi) is 5.85. The summed E-state index contributed by atoms with van der Waals surface area (Å²) in [6.45, 7) is 7.51. The molecule has 2 aliphatic rings. The molecule has 0 saturated heterocycles. The van der Waals surface area contributed by atoms with Gasteiger partial charge in [-0.15, -0.1) is 0 Å². The Labute approximate surface area is 190 Å². The normalized spacial score (nSPS) is 20.5. The van der Waals surface area contributed by atoms with Gasteiger partial charge in [0, 0.05) is 18.3 Å². The number of rotatable bonds is 5. The lowest BCUT2D eigenvalue weighted by Gasteiger charge is -2.41. The number of ether oxygens (including phenoxy) is 1. The summed E-state index contributed by atoms with van der Waals surface area (Å²) in [4.78, 5) is 27.8. The Hall–Kier alpha value is -2.71. The van der Waals surface area contributed by atoms with Gasteiger partial charge in [0.15, 0.2) is 10.8 Å². The fraction of sp³-hybridized carbons (Fsp3) is 0.261. The number of aryl methyl sites for hydroxylation is 1. The van der Waals surface area contributed by atoms with Crippen molar-refractivity contribution < 1.29 is 14.3 Å². The number of allylic oxidation sites excluding steroid dienone is 1. The molecule has 6 nitrogen and oxygen atoms in total. The van der Waals surface area contributed by atoms with E-state index >= 15 is 0 Å². The van der Waals surface area contributed by atoms with Gasteiger partial charge in [0.2, 0.25) is 4.33 Å². The summed E-state index contributed by atoms with van der Waals surface area (Å²) < 4.78 is 4.44. The van der Waals surface area contributed by atoms with Gasteiger partial charge < -0.3 is 9.64 Å². The molecule has 0 N–H and O–H groups in total. The van der Waals surface area contributed by atoms with E-state index in [9.17, 15) is 9.59 Å². The number of ketones is 1. The van der Waals surface area contributed by atoms with E-state index in [0.29, 0.717) is 16.6 Å². The van der Waals surface area contributed by atoms with Gasteiger partial charge in [-0.3, -0.25) is 4.79 Å². The van der Waals surface area contributed by atoms with Gasteiger partial charge in [0.05, 0.1) is 12.3 Å². The topological polar surface area (TPSA) is 62.2 Å². The minimum atomic E-state index is -0.900. The van der Waals surface area contributed by atoms with Crippen molar-refractivity contribution >= 4 is 51.7 Å². The molecule has 2 heterocycles. The molecule has 160 valence electrons. The lowest BCUT2D eigenvalue weighted by Crippen LogP contribution is -2.49. The van der Waals surface area contributed by atoms with Crippen LogP contribution in [0.25, 0.3) is 0 Å². The maximum absolute atomic E-state index is 12.8. The highest BCUT2D eigenvalue weighted by Crippen LogP contribution is 2.60. The van der Waals surface area contributed by atoms with E-state index in [1.54, 1.807) is 6.92 Å². The summed E-state index contributed by atoms with van der Waals surface area (Å²) in [6, 6.07) is 17.8. The number of anilines is 2. The molecule has 0 radical (unpaired) electrons. The highest BCUT2D eigenvalue weighted by molar-refractivity contribution is 8.29. The van der Waals surface area contributed by atoms with E-state index in [1.807, 2.05) is 73.5 Å². The Morgan fingerprint density at radius 1 is 1.03 bits per heavy atom. The van der Waals surface area contributed by atoms with Gasteiger partial charge >= 0.3 is 5.97 Å². The molecule has 0 saturated carbocycles. The second-order valence-corrected chi connectivity index (χ2v) is 9.77. The third-order valence-corrected chi connectivity index (χ3v) is 7.86. The van der Waals surface area contributed by atoms with Crippen LogP contribution in [-0.2, 0) is 14.3 Å². The molecule has 2 aromatic carbocycles. The first kappa shape index (κ1) is 21.5. The molecule has 2 aromatic rings. The van der Waals surface area contributed by atoms with E-state index in [0.717, 1.165) is 22.6 Å². The number of esters is 1. The van der Waals surface area contributed by atoms with Crippen molar-refractivity contribution in [3.05, 3.63) is 70.8 Å². The zero-order chi connectivity index (χ0) is 22.2. The van der Waals surface area contributed by atoms with Crippen LogP contribution in [-0.4, -0.2) is 27.7 Å². The van der Waals surface area contributed by atoms with E-state index in [4.69, 9.17) is 9.84 Å². The molecule has 1 atom stereocenters. The van der Waals surface area contributed by atoms with Crippen LogP contribution in [0.15, 0.2) is 70.3 Å². The standard InChI is InChI=1S/C23H23N3O3S2/c1-5-29-22(28)20-16(3)25(18-11-7-6-8-12-18)23(30-20)26(24-21(31-23)17(4)27)19-13-9-10-15(2)14-19/h6-14H,5H2,1-4H3/t23-/m0/s1. The fourth-order valence-corrected chi connectivity index (χ4v) is 6.51. The molecule has 0 aliphatic carbocycles. The number of carbonyl (C=O) groups is 2. The van der Waals surface area contributed by atoms with E-state index in [2.05, 4.69) is 4.90 Å². The number of thioether (sulfide) groups is 2. The predicted octanol–water partition coefficient (Wildman–Crippen LogP) is 5.11. The van der Waals surface area contributed by atoms with Crippen molar-refractivity contribution in [3.63, 3.8) is 0 Å². The number of Topliss-reactive ketones (excluding diaryl/α,β-unsaturated/α-hetero) is 1. The highest BCUT2D eigenvalue weighted by Gasteiger charge is 2.57. The number of benzene rings is 2. The Balaban J connectivity index is 1.90. The molecule has 8 heteroatoms. The molecule has 0 amide bonds. The largest absolute Gasteiger partial charge is 0.462 e. The lowest BCUT2D eigenvalue weighted by atomic mass is 10.2. The maximum atomic E-state index is 12.8. The predicted molar refractivity (Wildman–Crippen MR) is 128 cm³/mol. The van der Waals surface area contributed by atoms with E-state index < -0.39 is 4.33 Å². The van der Waals surface area contributed by atoms with Gasteiger partial charge in [0.25, 0.3) is 0 Å². The number of hydrogen-bond donors (Lipinski definition) is 0. The average molecular weight is 454 g/mol. The van der Waals surface area contributed by atoms with Gasteiger partial charge in [-0.2, -0.15) is 5.10 Å². The Morgan fingerprint density at radius 2 is 1.74 bits per heavy atom. The van der Waals surface area contributed by atoms with Crippen LogP contribution in [0.3, 0.4) is 0 Å². The summed E-state index contributed by atoms with van der Waals surface area (Å²) in [6.07, 6.45) is 0. The van der Waals surface area contributed by atoms with Crippen LogP contribution in [0.5, 0.6) is 0 Å². The molecule has 31 heavy (non-hydrogen) atoms. The molecular formula is C23H23N3O3S2. The molecule has 4 rings (SSSR count). The van der Waals surface area contributed by atoms with Crippen LogP contribution in [0, 0.1) is 6.92 Å². The summed E-state index contributed by atoms with van der Waals surface area (Å²) in [5.74, 6) is -0.487. The van der Waals surface area contributed by atoms with Crippen LogP contribution in [0.4, 0.5) is 11.4 Å². The van der Waals surface area contributed by atoms with E-state index in [1.165, 1.54) is 30.4 Å². The third-order valence-electron chi connectivity index (χ3n) is 4.89. The second kappa shape index (κ2) is 8.43. The fourth-order valence-electron chi connectivity index (χ4n) is 3.56. The number of hydrogen-bond acceptors (Lipinski definition) is 8. The first-order valence-corrected chi connectivity index (χ1v) is 11.6. The van der Waals surface area contributed by atoms with Crippen LogP contribution >= 0.6 is 23.5 Å². The van der Waals surface area contributed by atoms with Crippen molar-refractivity contribution in [1.82, 2.24) is 0 Å². The van der Waals surface area contributed by atoms with Crippen LogP contribution < -0.4 is 9.91 Å². The minimum Gasteiger partial charge on any atom is -0.462 e. The van der Waals surface area contributed by atoms with Crippen molar-refractivity contribution in [2.24, 2.45) is 5.10 Å². The first-order valence-electron chi connectivity index (χ1n) is 9.95. The Morgan fingerprint density at radius 3 is 2.39 bits per heavy atom. The van der Waals surface area contributed by atoms with E-state index in [-0.39, 0.29) is 11.8 Å². The highest BCUT2D eigenvalue weighted by atomic mass is 32.2. The monoisotopic (exact) mass is 453 g/mol. The number of nitrogens with zero attached hydrogens (tertiary/aromatic N) is 3. The smallest absolute Gasteiger partial charge is 0.346 e. The van der Waals surface area contributed by atoms with Crippen molar-refractivity contribution in [1.29, 1.82) is 0 Å². The van der Waals surface area contributed by atoms with Gasteiger partial charge in [-0.25, -0.2) is 9.80 Å². The summed E-state index contributed by atoms with van der Waals surface area (Å²) in [7, 11) is 0. The Bertz CT molecular complexity index is 1100. The van der Waals surface area contributed by atoms with Crippen LogP contribution in [0.2, 0.25) is 0 Å². The number of hydrazone groups is 1. The SMILES string of the molecule is CCOC(=O)C1=C(C)N(c2ccccc2)[C@@]2(SC(C(C)=O)=NN2c2cccc(C)c2)S1. The first-order chi connectivity index (χ1) is 14.9. The minimum absolute atomic E-state index is 0.115. The van der Waals surface area contributed by atoms with Crippen LogP contribution in [0.1, 0.15) is 26.3 Å². The summed E-state index contributed by atoms with van der Waals surface area (Å²) in [5, 5.41) is 6.94. The van der Waals surface area contributed by atoms with Gasteiger partial charge in [-0.1, -0.05) is 42.1 Å². The van der Waals surface area contributed by atoms with Gasteiger partial charge in [-0.05, 0) is 62.4 Å². The summed E-state index contributed by atoms with van der Waals surface area (Å²) >= 11 is 2.71. The zero-order valence-corrected chi connectivity index (χ0v) is 19.4. The molecule has 2 aliphatic heterocycles. The van der Waals surface area contributed by atoms with Crippen molar-refractivity contribution in [2.75, 3.05) is 16.5 Å². The summed E-state index contributed by atoms with van der Waals surface area (Å²) in [5.41, 5.74) is 3.58. The maximum Gasteiger partial charge on any atom is 0.346 e. The molecule has 0 bridgehead atoms. The molecular weight excluding hydrogens is 430 g/mol. The third kappa shape index (κ3) is 3.74. The molecule has 1 spiro atoms. The van der Waals surface area contributed by atoms with Crippen molar-refractivity contribution in [2.45, 2.75) is 32.0 Å². The van der Waals surface area contributed by atoms with Crippen molar-refractivity contribution in [3.8, 4) is 0 Å². The molecule has 0 aromatic heterocycles. The molecule has 0 unspecified atom stereocenters. The van der Waals surface area contributed by atoms with Gasteiger partial charge in [0.1, 0.15) is 4.91 Å². The molecule has 0 fully saturated rings. The second-order valence-electron chi connectivity index (χ2n) is 7.17.